The highest BCUT2D eigenvalue weighted by Gasteiger charge is 2.16. The Labute approximate surface area is 108 Å². The fourth-order valence-electron chi connectivity index (χ4n) is 1.54. The van der Waals surface area contributed by atoms with E-state index in [0.717, 1.165) is 0 Å². The number of aryl methyl sites for hydroxylation is 1. The lowest BCUT2D eigenvalue weighted by Gasteiger charge is -1.98. The van der Waals surface area contributed by atoms with Crippen molar-refractivity contribution in [2.24, 2.45) is 0 Å². The number of nitrogens with zero attached hydrogens (tertiary/aromatic N) is 1. The van der Waals surface area contributed by atoms with Gasteiger partial charge in [-0.1, -0.05) is 11.6 Å². The van der Waals surface area contributed by atoms with Gasteiger partial charge in [0.05, 0.1) is 12.1 Å². The lowest BCUT2D eigenvalue weighted by atomic mass is 10.2. The van der Waals surface area contributed by atoms with Gasteiger partial charge in [0.25, 0.3) is 0 Å². The molecule has 0 bridgehead atoms. The number of rotatable bonds is 2. The summed E-state index contributed by atoms with van der Waals surface area (Å²) < 4.78 is 17.9. The number of aromatic amines is 1. The lowest BCUT2D eigenvalue weighted by molar-refractivity contribution is 0.0594. The van der Waals surface area contributed by atoms with E-state index in [2.05, 4.69) is 14.7 Å². The van der Waals surface area contributed by atoms with Crippen LogP contribution in [-0.4, -0.2) is 23.0 Å². The molecule has 0 amide bonds. The smallest absolute Gasteiger partial charge is 0.358 e. The zero-order valence-electron chi connectivity index (χ0n) is 9.75. The topological polar surface area (TPSA) is 55.0 Å². The van der Waals surface area contributed by atoms with Crippen LogP contribution in [-0.2, 0) is 4.74 Å². The van der Waals surface area contributed by atoms with E-state index in [9.17, 15) is 9.18 Å². The number of H-pyrrole nitrogens is 1. The van der Waals surface area contributed by atoms with Crippen molar-refractivity contribution in [3.05, 3.63) is 40.4 Å². The van der Waals surface area contributed by atoms with Crippen molar-refractivity contribution in [2.75, 3.05) is 7.11 Å². The molecule has 1 aromatic heterocycles. The predicted molar refractivity (Wildman–Crippen MR) is 65.1 cm³/mol. The summed E-state index contributed by atoms with van der Waals surface area (Å²) in [5.41, 5.74) is 1.25. The maximum absolute atomic E-state index is 13.3. The number of aromatic nitrogens is 2. The number of ether oxygens (including phenoxy) is 1. The molecule has 1 heterocycles. The monoisotopic (exact) mass is 268 g/mol. The third-order valence-electron chi connectivity index (χ3n) is 2.46. The lowest BCUT2D eigenvalue weighted by Crippen LogP contribution is -2.03. The minimum Gasteiger partial charge on any atom is -0.464 e. The molecule has 0 radical (unpaired) electrons. The Balaban J connectivity index is 2.45. The van der Waals surface area contributed by atoms with E-state index in [1.54, 1.807) is 13.0 Å². The molecule has 2 rings (SSSR count). The molecule has 6 heteroatoms. The fourth-order valence-corrected chi connectivity index (χ4v) is 1.65. The number of methoxy groups -OCH3 is 1. The quantitative estimate of drug-likeness (QED) is 0.852. The van der Waals surface area contributed by atoms with Crippen LogP contribution in [0.2, 0.25) is 5.02 Å². The van der Waals surface area contributed by atoms with Gasteiger partial charge in [0, 0.05) is 11.3 Å². The summed E-state index contributed by atoms with van der Waals surface area (Å²) in [5.74, 6) is -0.685. The Morgan fingerprint density at radius 2 is 2.22 bits per heavy atom. The molecule has 0 saturated heterocycles. The summed E-state index contributed by atoms with van der Waals surface area (Å²) in [7, 11) is 1.28. The van der Waals surface area contributed by atoms with Gasteiger partial charge < -0.3 is 9.72 Å². The molecule has 0 atom stereocenters. The van der Waals surface area contributed by atoms with E-state index in [0.29, 0.717) is 17.1 Å². The third kappa shape index (κ3) is 2.22. The van der Waals surface area contributed by atoms with Gasteiger partial charge in [-0.05, 0) is 25.1 Å². The largest absolute Gasteiger partial charge is 0.464 e. The molecule has 0 aliphatic carbocycles. The van der Waals surface area contributed by atoms with E-state index in [4.69, 9.17) is 11.6 Å². The van der Waals surface area contributed by atoms with Crippen LogP contribution in [0.4, 0.5) is 4.39 Å². The highest BCUT2D eigenvalue weighted by atomic mass is 35.5. The number of esters is 1. The number of carbonyl (C=O) groups excluding carboxylic acids is 1. The first-order valence-corrected chi connectivity index (χ1v) is 5.51. The highest BCUT2D eigenvalue weighted by Crippen LogP contribution is 2.23. The van der Waals surface area contributed by atoms with E-state index >= 15 is 0 Å². The average Bonchev–Trinajstić information content (AvgIpc) is 2.74. The van der Waals surface area contributed by atoms with Crippen molar-refractivity contribution >= 4 is 17.6 Å². The molecular formula is C12H10ClFN2O2. The molecule has 1 N–H and O–H groups in total. The Morgan fingerprint density at radius 3 is 2.83 bits per heavy atom. The molecule has 0 fully saturated rings. The SMILES string of the molecule is COC(=O)c1nc(-c2ccc(Cl)c(F)c2)[nH]c1C. The first kappa shape index (κ1) is 12.6. The van der Waals surface area contributed by atoms with Crippen LogP contribution in [0.5, 0.6) is 0 Å². The van der Waals surface area contributed by atoms with Gasteiger partial charge >= 0.3 is 5.97 Å². The van der Waals surface area contributed by atoms with Crippen molar-refractivity contribution < 1.29 is 13.9 Å². The van der Waals surface area contributed by atoms with Gasteiger partial charge in [0.1, 0.15) is 11.6 Å². The van der Waals surface area contributed by atoms with Crippen molar-refractivity contribution in [3.63, 3.8) is 0 Å². The van der Waals surface area contributed by atoms with Crippen LogP contribution in [0, 0.1) is 12.7 Å². The second kappa shape index (κ2) is 4.78. The van der Waals surface area contributed by atoms with Crippen LogP contribution in [0.1, 0.15) is 16.2 Å². The Kier molecular flexibility index (Phi) is 3.34. The fraction of sp³-hybridized carbons (Fsp3) is 0.167. The number of hydrogen-bond donors (Lipinski definition) is 1. The molecule has 0 spiro atoms. The van der Waals surface area contributed by atoms with Crippen molar-refractivity contribution in [3.8, 4) is 11.4 Å². The average molecular weight is 269 g/mol. The Bertz CT molecular complexity index is 610. The normalized spacial score (nSPS) is 10.4. The van der Waals surface area contributed by atoms with Gasteiger partial charge in [-0.3, -0.25) is 0 Å². The van der Waals surface area contributed by atoms with Crippen molar-refractivity contribution in [2.45, 2.75) is 6.92 Å². The second-order valence-electron chi connectivity index (χ2n) is 3.68. The summed E-state index contributed by atoms with van der Waals surface area (Å²) >= 11 is 5.60. The number of hydrogen-bond acceptors (Lipinski definition) is 3. The number of imidazole rings is 1. The molecule has 0 aliphatic heterocycles. The minimum atomic E-state index is -0.539. The molecule has 0 aliphatic rings. The van der Waals surface area contributed by atoms with Crippen LogP contribution < -0.4 is 0 Å². The molecule has 94 valence electrons. The van der Waals surface area contributed by atoms with Gasteiger partial charge in [-0.15, -0.1) is 0 Å². The molecule has 18 heavy (non-hydrogen) atoms. The van der Waals surface area contributed by atoms with E-state index < -0.39 is 11.8 Å². The molecule has 2 aromatic rings. The van der Waals surface area contributed by atoms with Crippen molar-refractivity contribution in [1.82, 2.24) is 9.97 Å². The maximum Gasteiger partial charge on any atom is 0.358 e. The predicted octanol–water partition coefficient (Wildman–Crippen LogP) is 2.96. The summed E-state index contributed by atoms with van der Waals surface area (Å²) in [6.45, 7) is 1.69. The molecule has 0 saturated carbocycles. The first-order valence-electron chi connectivity index (χ1n) is 5.13. The van der Waals surface area contributed by atoms with Crippen LogP contribution in [0.25, 0.3) is 11.4 Å². The maximum atomic E-state index is 13.3. The first-order chi connectivity index (χ1) is 8.52. The number of carbonyl (C=O) groups is 1. The summed E-state index contributed by atoms with van der Waals surface area (Å²) in [6.07, 6.45) is 0. The van der Waals surface area contributed by atoms with Crippen LogP contribution >= 0.6 is 11.6 Å². The van der Waals surface area contributed by atoms with E-state index in [1.807, 2.05) is 0 Å². The zero-order valence-corrected chi connectivity index (χ0v) is 10.5. The van der Waals surface area contributed by atoms with Crippen LogP contribution in [0.15, 0.2) is 18.2 Å². The van der Waals surface area contributed by atoms with E-state index in [-0.39, 0.29) is 10.7 Å². The number of halogens is 2. The van der Waals surface area contributed by atoms with Gasteiger partial charge in [0.15, 0.2) is 5.69 Å². The Hall–Kier alpha value is -1.88. The van der Waals surface area contributed by atoms with Crippen molar-refractivity contribution in [1.29, 1.82) is 0 Å². The molecule has 4 nitrogen and oxygen atoms in total. The van der Waals surface area contributed by atoms with Gasteiger partial charge in [-0.25, -0.2) is 14.2 Å². The minimum absolute atomic E-state index is 0.0372. The number of benzene rings is 1. The van der Waals surface area contributed by atoms with Crippen LogP contribution in [0.3, 0.4) is 0 Å². The van der Waals surface area contributed by atoms with Gasteiger partial charge in [-0.2, -0.15) is 0 Å². The highest BCUT2D eigenvalue weighted by molar-refractivity contribution is 6.30. The Morgan fingerprint density at radius 1 is 1.50 bits per heavy atom. The van der Waals surface area contributed by atoms with Gasteiger partial charge in [0.2, 0.25) is 0 Å². The molecular weight excluding hydrogens is 259 g/mol. The molecule has 1 aromatic carbocycles. The second-order valence-corrected chi connectivity index (χ2v) is 4.09. The zero-order chi connectivity index (χ0) is 13.3. The summed E-state index contributed by atoms with van der Waals surface area (Å²) in [5, 5.41) is 0.0372. The standard InChI is InChI=1S/C12H10ClFN2O2/c1-6-10(12(17)18-2)16-11(15-6)7-3-4-8(13)9(14)5-7/h3-5H,1-2H3,(H,15,16). The molecule has 0 unspecified atom stereocenters. The summed E-state index contributed by atoms with van der Waals surface area (Å²) in [6, 6.07) is 4.30. The third-order valence-corrected chi connectivity index (χ3v) is 2.76. The van der Waals surface area contributed by atoms with E-state index in [1.165, 1.54) is 19.2 Å². The number of nitrogens with one attached hydrogen (secondary N) is 1. The summed E-state index contributed by atoms with van der Waals surface area (Å²) in [4.78, 5) is 18.4.